The summed E-state index contributed by atoms with van der Waals surface area (Å²) >= 11 is 0. The van der Waals surface area contributed by atoms with Crippen LogP contribution in [-0.2, 0) is 25.7 Å². The minimum atomic E-state index is 1.15. The molecule has 0 amide bonds. The molecule has 0 nitrogen and oxygen atoms in total. The Balaban J connectivity index is 2.39. The lowest BCUT2D eigenvalue weighted by Crippen LogP contribution is -2.18. The molecular weight excluding hydrogens is 216 g/mol. The first kappa shape index (κ1) is 10.1. The van der Waals surface area contributed by atoms with Gasteiger partial charge in [0.1, 0.15) is 0 Å². The highest BCUT2D eigenvalue weighted by Crippen LogP contribution is 2.25. The van der Waals surface area contributed by atoms with Crippen molar-refractivity contribution in [1.29, 1.82) is 0 Å². The van der Waals surface area contributed by atoms with Crippen molar-refractivity contribution < 1.29 is 0 Å². The molecule has 0 aliphatic heterocycles. The molecule has 2 aliphatic rings. The minimum absolute atomic E-state index is 1.15. The van der Waals surface area contributed by atoms with Crippen molar-refractivity contribution in [1.82, 2.24) is 0 Å². The van der Waals surface area contributed by atoms with Gasteiger partial charge in [-0.25, -0.2) is 0 Å². The quantitative estimate of drug-likeness (QED) is 0.651. The van der Waals surface area contributed by atoms with Gasteiger partial charge in [-0.15, -0.1) is 0 Å². The Morgan fingerprint density at radius 1 is 0.556 bits per heavy atom. The molecule has 2 aromatic rings. The maximum absolute atomic E-state index is 4.12. The fourth-order valence-corrected chi connectivity index (χ4v) is 3.65. The van der Waals surface area contributed by atoms with Crippen molar-refractivity contribution in [3.63, 3.8) is 0 Å². The lowest BCUT2D eigenvalue weighted by atomic mass is 9.83. The third kappa shape index (κ3) is 1.26. The average Bonchev–Trinajstić information content (AvgIpc) is 2.34. The molecule has 0 unspecified atom stereocenters. The maximum atomic E-state index is 4.12. The molecule has 0 N–H and O–H groups in total. The van der Waals surface area contributed by atoms with Gasteiger partial charge >= 0.3 is 0 Å². The molecule has 0 fully saturated rings. The molecule has 0 spiro atoms. The first-order valence-corrected chi connectivity index (χ1v) is 6.68. The summed E-state index contributed by atoms with van der Waals surface area (Å²) < 4.78 is 0. The van der Waals surface area contributed by atoms with Gasteiger partial charge in [-0.1, -0.05) is 37.4 Å². The summed E-state index contributed by atoms with van der Waals surface area (Å²) in [5.41, 5.74) is 6.01. The molecule has 2 aromatic carbocycles. The van der Waals surface area contributed by atoms with E-state index in [2.05, 4.69) is 37.4 Å². The van der Waals surface area contributed by atoms with E-state index in [0.717, 1.165) is 25.7 Å². The van der Waals surface area contributed by atoms with Gasteiger partial charge in [0.15, 0.2) is 0 Å². The Morgan fingerprint density at radius 3 is 1.11 bits per heavy atom. The summed E-state index contributed by atoms with van der Waals surface area (Å²) in [6, 6.07) is 9.09. The number of aryl methyl sites for hydroxylation is 4. The van der Waals surface area contributed by atoms with Gasteiger partial charge in [0.2, 0.25) is 0 Å². The van der Waals surface area contributed by atoms with Crippen LogP contribution in [0.3, 0.4) is 0 Å². The van der Waals surface area contributed by atoms with Crippen molar-refractivity contribution in [2.24, 2.45) is 0 Å². The Kier molecular flexibility index (Phi) is 1.89. The fourth-order valence-electron chi connectivity index (χ4n) is 3.65. The second kappa shape index (κ2) is 3.35. The van der Waals surface area contributed by atoms with Crippen molar-refractivity contribution in [2.45, 2.75) is 25.7 Å². The van der Waals surface area contributed by atoms with Gasteiger partial charge in [0, 0.05) is 0 Å². The van der Waals surface area contributed by atoms with E-state index < -0.39 is 0 Å². The number of rotatable bonds is 0. The molecule has 88 valence electrons. The van der Waals surface area contributed by atoms with Crippen LogP contribution in [-0.4, -0.2) is 0 Å². The predicted octanol–water partition coefficient (Wildman–Crippen LogP) is 1.99. The Labute approximate surface area is 107 Å². The molecule has 0 saturated carbocycles. The van der Waals surface area contributed by atoms with E-state index in [4.69, 9.17) is 0 Å². The normalized spacial score (nSPS) is 15.3. The Hall–Kier alpha value is -1.82. The van der Waals surface area contributed by atoms with E-state index in [1.54, 1.807) is 0 Å². The topological polar surface area (TPSA) is 0 Å². The molecule has 0 aromatic heterocycles. The highest BCUT2D eigenvalue weighted by molar-refractivity contribution is 5.44. The van der Waals surface area contributed by atoms with E-state index in [1.807, 2.05) is 0 Å². The van der Waals surface area contributed by atoms with E-state index in [1.165, 1.54) is 43.1 Å². The van der Waals surface area contributed by atoms with E-state index in [-0.39, 0.29) is 0 Å². The van der Waals surface area contributed by atoms with E-state index >= 15 is 0 Å². The summed E-state index contributed by atoms with van der Waals surface area (Å²) in [5, 5.41) is 5.38. The van der Waals surface area contributed by atoms with Crippen LogP contribution in [0.5, 0.6) is 0 Å². The van der Waals surface area contributed by atoms with Crippen LogP contribution in [0.4, 0.5) is 0 Å². The largest absolute Gasteiger partial charge is 0.0917 e. The van der Waals surface area contributed by atoms with Crippen molar-refractivity contribution in [3.05, 3.63) is 67.4 Å². The molecule has 18 heavy (non-hydrogen) atoms. The molecule has 0 heteroatoms. The van der Waals surface area contributed by atoms with Crippen molar-refractivity contribution in [2.75, 3.05) is 0 Å². The smallest absolute Gasteiger partial charge is 0.0114 e. The molecule has 0 radical (unpaired) electrons. The first-order valence-electron chi connectivity index (χ1n) is 6.68. The molecule has 0 saturated heterocycles. The zero-order valence-electron chi connectivity index (χ0n) is 10.6. The monoisotopic (exact) mass is 232 g/mol. The zero-order chi connectivity index (χ0) is 12.3. The van der Waals surface area contributed by atoms with E-state index in [9.17, 15) is 0 Å². The number of hydrogen-bond donors (Lipinski definition) is 0. The molecular formula is C18H16. The van der Waals surface area contributed by atoms with Crippen LogP contribution >= 0.6 is 0 Å². The Bertz CT molecular complexity index is 720. The van der Waals surface area contributed by atoms with E-state index in [0.29, 0.717) is 0 Å². The summed E-state index contributed by atoms with van der Waals surface area (Å²) in [5.74, 6) is 0. The highest BCUT2D eigenvalue weighted by Gasteiger charge is 2.17. The second-order valence-corrected chi connectivity index (χ2v) is 5.58. The average molecular weight is 232 g/mol. The SMILES string of the molecule is C=c1cc2c3c(c1)CCc1cc(=C)cc(c1=3)CC2. The maximum Gasteiger partial charge on any atom is -0.0114 e. The lowest BCUT2D eigenvalue weighted by Gasteiger charge is -2.22. The number of hydrogen-bond acceptors (Lipinski definition) is 0. The number of benzene rings is 2. The van der Waals surface area contributed by atoms with Gasteiger partial charge in [0.05, 0.1) is 0 Å². The molecule has 0 heterocycles. The summed E-state index contributed by atoms with van der Waals surface area (Å²) in [4.78, 5) is 0. The zero-order valence-corrected chi connectivity index (χ0v) is 10.6. The fraction of sp³-hybridized carbons (Fsp3) is 0.222. The summed E-state index contributed by atoms with van der Waals surface area (Å²) in [6.45, 7) is 8.24. The van der Waals surface area contributed by atoms with Crippen molar-refractivity contribution in [3.8, 4) is 0 Å². The standard InChI is InChI=1S/C18H16/c1-11-7-13-3-5-15-9-12(2)10-16-6-4-14(8-11)17(13)18(15)16/h7-10H,1-6H2. The summed E-state index contributed by atoms with van der Waals surface area (Å²) in [7, 11) is 0. The van der Waals surface area contributed by atoms with Crippen LogP contribution in [0.1, 0.15) is 22.3 Å². The van der Waals surface area contributed by atoms with Gasteiger partial charge in [-0.05, 0) is 68.8 Å². The van der Waals surface area contributed by atoms with Gasteiger partial charge in [-0.2, -0.15) is 0 Å². The highest BCUT2D eigenvalue weighted by atomic mass is 14.2. The van der Waals surface area contributed by atoms with Gasteiger partial charge in [-0.3, -0.25) is 0 Å². The van der Waals surface area contributed by atoms with Crippen LogP contribution in [0.25, 0.3) is 13.2 Å². The third-order valence-electron chi connectivity index (χ3n) is 4.30. The third-order valence-corrected chi connectivity index (χ3v) is 4.30. The van der Waals surface area contributed by atoms with Crippen LogP contribution in [0.2, 0.25) is 0 Å². The molecule has 4 rings (SSSR count). The molecule has 0 bridgehead atoms. The van der Waals surface area contributed by atoms with Crippen molar-refractivity contribution >= 4 is 13.2 Å². The summed E-state index contributed by atoms with van der Waals surface area (Å²) in [6.07, 6.45) is 4.62. The molecule has 0 atom stereocenters. The molecule has 2 aliphatic carbocycles. The van der Waals surface area contributed by atoms with Crippen LogP contribution in [0.15, 0.2) is 24.3 Å². The van der Waals surface area contributed by atoms with Crippen LogP contribution in [0, 0.1) is 10.4 Å². The minimum Gasteiger partial charge on any atom is -0.0917 e. The predicted molar refractivity (Wildman–Crippen MR) is 75.7 cm³/mol. The lowest BCUT2D eigenvalue weighted by molar-refractivity contribution is 0.838. The van der Waals surface area contributed by atoms with Gasteiger partial charge < -0.3 is 0 Å². The Morgan fingerprint density at radius 2 is 0.833 bits per heavy atom. The first-order chi connectivity index (χ1) is 8.72. The second-order valence-electron chi connectivity index (χ2n) is 5.58. The van der Waals surface area contributed by atoms with Crippen LogP contribution < -0.4 is 10.4 Å². The van der Waals surface area contributed by atoms with Gasteiger partial charge in [0.25, 0.3) is 0 Å².